The number of ketones is 1. The van der Waals surface area contributed by atoms with Crippen molar-refractivity contribution < 1.29 is 9.53 Å². The van der Waals surface area contributed by atoms with Gasteiger partial charge in [-0.2, -0.15) is 0 Å². The van der Waals surface area contributed by atoms with Crippen LogP contribution >= 0.6 is 0 Å². The van der Waals surface area contributed by atoms with Gasteiger partial charge in [-0.3, -0.25) is 4.79 Å². The van der Waals surface area contributed by atoms with Crippen molar-refractivity contribution in [1.82, 2.24) is 19.9 Å². The van der Waals surface area contributed by atoms with Crippen LogP contribution in [-0.2, 0) is 22.0 Å². The molecule has 7 heteroatoms. The Bertz CT molecular complexity index is 1380. The molecule has 0 spiro atoms. The molecule has 2 heterocycles. The van der Waals surface area contributed by atoms with Crippen molar-refractivity contribution >= 4 is 22.5 Å². The number of ether oxygens (including phenoxy) is 1. The van der Waals surface area contributed by atoms with Crippen molar-refractivity contribution in [2.45, 2.75) is 96.8 Å². The standard InChI is InChI=1S/C34H47N5O2/c1-9-16-24(10-2)38-32-26-19-27(29(41-8)20-28(26)36-23-37-32)33(4,5)22-34(6,7)30-21-35-31(39-30)18-15-13-12-14-17-25(40)11-3/h9-10,16,19-21,23H,1-2,11-15,17-18,22H2,3-8H3,(H,35,39)(H,36,37,38)/b24-16+. The highest BCUT2D eigenvalue weighted by molar-refractivity contribution is 5.91. The van der Waals surface area contributed by atoms with Gasteiger partial charge < -0.3 is 15.0 Å². The number of aromatic nitrogens is 4. The highest BCUT2D eigenvalue weighted by atomic mass is 16.5. The smallest absolute Gasteiger partial charge is 0.141 e. The largest absolute Gasteiger partial charge is 0.496 e. The van der Waals surface area contributed by atoms with Crippen molar-refractivity contribution in [3.63, 3.8) is 0 Å². The maximum Gasteiger partial charge on any atom is 0.141 e. The van der Waals surface area contributed by atoms with E-state index in [0.29, 0.717) is 24.4 Å². The lowest BCUT2D eigenvalue weighted by atomic mass is 9.70. The zero-order valence-corrected chi connectivity index (χ0v) is 25.8. The van der Waals surface area contributed by atoms with E-state index < -0.39 is 0 Å². The van der Waals surface area contributed by atoms with Crippen molar-refractivity contribution in [2.75, 3.05) is 12.4 Å². The predicted octanol–water partition coefficient (Wildman–Crippen LogP) is 8.15. The fourth-order valence-electron chi connectivity index (χ4n) is 5.58. The minimum Gasteiger partial charge on any atom is -0.496 e. The number of nitrogens with one attached hydrogen (secondary N) is 2. The van der Waals surface area contributed by atoms with E-state index in [-0.39, 0.29) is 10.8 Å². The average molecular weight is 558 g/mol. The molecule has 0 aliphatic carbocycles. The van der Waals surface area contributed by atoms with Crippen LogP contribution in [0.5, 0.6) is 5.75 Å². The summed E-state index contributed by atoms with van der Waals surface area (Å²) in [6, 6.07) is 4.14. The average Bonchev–Trinajstić information content (AvgIpc) is 3.43. The van der Waals surface area contributed by atoms with Crippen LogP contribution in [0.4, 0.5) is 5.82 Å². The molecular weight excluding hydrogens is 510 g/mol. The number of methoxy groups -OCH3 is 1. The summed E-state index contributed by atoms with van der Waals surface area (Å²) in [6.45, 7) is 18.6. The summed E-state index contributed by atoms with van der Waals surface area (Å²) >= 11 is 0. The Morgan fingerprint density at radius 2 is 1.80 bits per heavy atom. The molecule has 2 aromatic heterocycles. The van der Waals surface area contributed by atoms with Gasteiger partial charge in [-0.1, -0.05) is 66.7 Å². The lowest BCUT2D eigenvalue weighted by Gasteiger charge is -2.35. The van der Waals surface area contributed by atoms with Crippen molar-refractivity contribution in [2.24, 2.45) is 0 Å². The molecule has 0 unspecified atom stereocenters. The van der Waals surface area contributed by atoms with Crippen molar-refractivity contribution in [1.29, 1.82) is 0 Å². The molecule has 0 amide bonds. The lowest BCUT2D eigenvalue weighted by Crippen LogP contribution is -2.30. The van der Waals surface area contributed by atoms with Gasteiger partial charge in [0.25, 0.3) is 0 Å². The van der Waals surface area contributed by atoms with E-state index in [2.05, 4.69) is 67.2 Å². The monoisotopic (exact) mass is 557 g/mol. The minimum atomic E-state index is -0.241. The molecule has 0 saturated carbocycles. The van der Waals surface area contributed by atoms with E-state index in [1.165, 1.54) is 0 Å². The number of anilines is 1. The van der Waals surface area contributed by atoms with Gasteiger partial charge in [0, 0.05) is 59.3 Å². The molecule has 0 aliphatic rings. The first kappa shape index (κ1) is 31.8. The highest BCUT2D eigenvalue weighted by Crippen LogP contribution is 2.43. The number of Topliss-reactive ketones (excluding diaryl/α,β-unsaturated/α-hetero) is 1. The van der Waals surface area contributed by atoms with E-state index in [1.807, 2.05) is 25.3 Å². The first-order valence-electron chi connectivity index (χ1n) is 14.7. The molecule has 0 atom stereocenters. The van der Waals surface area contributed by atoms with Gasteiger partial charge in [0.2, 0.25) is 0 Å². The van der Waals surface area contributed by atoms with Gasteiger partial charge >= 0.3 is 0 Å². The van der Waals surface area contributed by atoms with Crippen LogP contribution in [0.2, 0.25) is 0 Å². The van der Waals surface area contributed by atoms with Crippen LogP contribution in [0.15, 0.2) is 61.7 Å². The number of carbonyl (C=O) groups excluding carboxylic acids is 1. The summed E-state index contributed by atoms with van der Waals surface area (Å²) in [7, 11) is 1.71. The number of allylic oxidation sites excluding steroid dienone is 3. The maximum atomic E-state index is 11.5. The summed E-state index contributed by atoms with van der Waals surface area (Å²) in [6.07, 6.45) is 16.2. The Labute approximate surface area is 245 Å². The van der Waals surface area contributed by atoms with Gasteiger partial charge in [-0.15, -0.1) is 0 Å². The molecule has 0 fully saturated rings. The molecule has 220 valence electrons. The van der Waals surface area contributed by atoms with Crippen LogP contribution < -0.4 is 10.1 Å². The molecule has 0 saturated heterocycles. The number of fused-ring (bicyclic) bond motifs is 1. The van der Waals surface area contributed by atoms with E-state index in [0.717, 1.165) is 78.0 Å². The number of aromatic amines is 1. The van der Waals surface area contributed by atoms with Crippen LogP contribution in [0.1, 0.15) is 96.6 Å². The molecular formula is C34H47N5O2. The second-order valence-corrected chi connectivity index (χ2v) is 12.0. The number of hydrogen-bond acceptors (Lipinski definition) is 6. The number of nitrogens with zero attached hydrogens (tertiary/aromatic N) is 3. The Balaban J connectivity index is 1.78. The summed E-state index contributed by atoms with van der Waals surface area (Å²) < 4.78 is 5.88. The first-order valence-corrected chi connectivity index (χ1v) is 14.7. The molecule has 0 bridgehead atoms. The Morgan fingerprint density at radius 1 is 1.05 bits per heavy atom. The van der Waals surface area contributed by atoms with E-state index in [9.17, 15) is 4.79 Å². The minimum absolute atomic E-state index is 0.161. The van der Waals surface area contributed by atoms with Crippen LogP contribution in [0.3, 0.4) is 0 Å². The number of H-pyrrole nitrogens is 1. The number of rotatable bonds is 17. The van der Waals surface area contributed by atoms with E-state index in [4.69, 9.17) is 9.72 Å². The number of imidazole rings is 1. The van der Waals surface area contributed by atoms with Crippen molar-refractivity contribution in [3.8, 4) is 5.75 Å². The predicted molar refractivity (Wildman–Crippen MR) is 170 cm³/mol. The third-order valence-electron chi connectivity index (χ3n) is 7.72. The van der Waals surface area contributed by atoms with Gasteiger partial charge in [0.15, 0.2) is 0 Å². The summed E-state index contributed by atoms with van der Waals surface area (Å²) in [4.78, 5) is 28.8. The van der Waals surface area contributed by atoms with Gasteiger partial charge in [-0.05, 0) is 42.9 Å². The third-order valence-corrected chi connectivity index (χ3v) is 7.72. The highest BCUT2D eigenvalue weighted by Gasteiger charge is 2.35. The first-order chi connectivity index (χ1) is 19.5. The molecule has 3 aromatic rings. The topological polar surface area (TPSA) is 92.8 Å². The Hall–Kier alpha value is -3.74. The zero-order chi connectivity index (χ0) is 30.0. The van der Waals surface area contributed by atoms with Gasteiger partial charge in [0.05, 0.1) is 12.6 Å². The SMILES string of the molecule is C=C/C=C(\C=C)Nc1ncnc2cc(OC)c(C(C)(C)CC(C)(C)c3cnc(CCCCCCC(=O)CC)[nH]3)cc12. The van der Waals surface area contributed by atoms with Crippen LogP contribution in [0.25, 0.3) is 10.9 Å². The second-order valence-electron chi connectivity index (χ2n) is 12.0. The normalized spacial score (nSPS) is 12.4. The quantitative estimate of drug-likeness (QED) is 0.128. The molecule has 1 aromatic carbocycles. The summed E-state index contributed by atoms with van der Waals surface area (Å²) in [5.74, 6) is 2.90. The number of benzene rings is 1. The second kappa shape index (κ2) is 14.2. The molecule has 2 N–H and O–H groups in total. The van der Waals surface area contributed by atoms with Gasteiger partial charge in [0.1, 0.15) is 29.5 Å². The Kier molecular flexibility index (Phi) is 11.0. The molecule has 0 radical (unpaired) electrons. The zero-order valence-electron chi connectivity index (χ0n) is 25.8. The van der Waals surface area contributed by atoms with Gasteiger partial charge in [-0.25, -0.2) is 15.0 Å². The lowest BCUT2D eigenvalue weighted by molar-refractivity contribution is -0.118. The molecule has 3 rings (SSSR count). The summed E-state index contributed by atoms with van der Waals surface area (Å²) in [5, 5.41) is 4.26. The number of hydrogen-bond donors (Lipinski definition) is 2. The number of aryl methyl sites for hydroxylation is 1. The summed E-state index contributed by atoms with van der Waals surface area (Å²) in [5.41, 5.74) is 3.42. The van der Waals surface area contributed by atoms with Crippen LogP contribution in [-0.4, -0.2) is 32.8 Å². The van der Waals surface area contributed by atoms with E-state index >= 15 is 0 Å². The molecule has 41 heavy (non-hydrogen) atoms. The fourth-order valence-corrected chi connectivity index (χ4v) is 5.58. The molecule has 7 nitrogen and oxygen atoms in total. The third kappa shape index (κ3) is 8.38. The fraction of sp³-hybridized carbons (Fsp3) is 0.471. The maximum absolute atomic E-state index is 11.5. The molecule has 0 aliphatic heterocycles. The number of carbonyl (C=O) groups is 1. The van der Waals surface area contributed by atoms with E-state index in [1.54, 1.807) is 25.6 Å². The number of unbranched alkanes of at least 4 members (excludes halogenated alkanes) is 3. The Morgan fingerprint density at radius 3 is 2.49 bits per heavy atom. The van der Waals surface area contributed by atoms with Crippen LogP contribution in [0, 0.1) is 0 Å². The van der Waals surface area contributed by atoms with Crippen molar-refractivity contribution in [3.05, 3.63) is 78.8 Å².